The molecule has 0 saturated heterocycles. The molecule has 0 rings (SSSR count). The average Bonchev–Trinajstić information content (AvgIpc) is 3.25. The summed E-state index contributed by atoms with van der Waals surface area (Å²) in [6.45, 7) is 17.2. The van der Waals surface area contributed by atoms with Crippen LogP contribution in [0, 0.1) is 0 Å². The summed E-state index contributed by atoms with van der Waals surface area (Å²) in [5.41, 5.74) is 0. The Hall–Kier alpha value is 0.808. The van der Waals surface area contributed by atoms with Crippen LogP contribution >= 0.6 is 0 Å². The molecule has 0 aliphatic rings. The van der Waals surface area contributed by atoms with E-state index in [1.807, 2.05) is 6.92 Å². The van der Waals surface area contributed by atoms with E-state index in [-0.39, 0.29) is 57.0 Å². The Balaban J connectivity index is -0.000000222. The summed E-state index contributed by atoms with van der Waals surface area (Å²) in [7, 11) is -7.03. The summed E-state index contributed by atoms with van der Waals surface area (Å²) in [5.74, 6) is 0. The number of halogens is 2. The number of rotatable bonds is 48. The molecule has 0 aliphatic heterocycles. The third kappa shape index (κ3) is 63.9. The molecule has 0 aromatic rings. The molecule has 0 saturated carbocycles. The zero-order chi connectivity index (χ0) is 54.6. The van der Waals surface area contributed by atoms with E-state index in [1.54, 1.807) is 13.8 Å². The highest BCUT2D eigenvalue weighted by Gasteiger charge is 2.52. The van der Waals surface area contributed by atoms with Crippen LogP contribution in [0.3, 0.4) is 0 Å². The van der Waals surface area contributed by atoms with Gasteiger partial charge in [-0.3, -0.25) is 0 Å². The second kappa shape index (κ2) is 55.3. The smallest absolute Gasteiger partial charge is 0.669 e. The maximum atomic E-state index is 11.1. The van der Waals surface area contributed by atoms with E-state index in [0.717, 1.165) is 28.5 Å². The minimum Gasteiger partial charge on any atom is -1.00 e. The highest BCUT2D eigenvalue weighted by atomic mass is 35.5. The van der Waals surface area contributed by atoms with E-state index in [4.69, 9.17) is 51.0 Å². The van der Waals surface area contributed by atoms with Crippen molar-refractivity contribution in [2.75, 3.05) is 61.1 Å². The monoisotopic (exact) mass is 1200 g/mol. The third-order valence-electron chi connectivity index (χ3n) is 14.1. The van der Waals surface area contributed by atoms with Crippen molar-refractivity contribution in [2.45, 2.75) is 286 Å². The minimum atomic E-state index is -4.61. The van der Waals surface area contributed by atoms with E-state index in [1.165, 1.54) is 193 Å². The highest BCUT2D eigenvalue weighted by Crippen LogP contribution is 2.24. The van der Waals surface area contributed by atoms with Crippen LogP contribution in [0.1, 0.15) is 261 Å². The standard InChI is InChI=1S/C29H66NO6Si2.C23H52NO3Si.CH4.2ClH.H4O4Si.H2O/c1-8-12-13-14-15-16-17-18-19-20-21-22-23-24-26-29(5)30(6,7)27-25-28-37(31,33-9-2)36-38(32,34-10-3)35-11-4;1-5-6-7-8-9-10-11-12-13-14-15-16-17-18-20-23(2)24(3,4)21-19-22-28(25,26)27;;;;1-5(2,3)4;/h29,31-32H,8-28H2,1-7H3;23,25-27H,5-22H2,1-4H3;1H4;2*1H;1-4H;1H2/q2*+1;;;;;/p-2. The largest absolute Gasteiger partial charge is 1.00 e. The van der Waals surface area contributed by atoms with E-state index < -0.39 is 35.7 Å². The van der Waals surface area contributed by atoms with Crippen molar-refractivity contribution in [3.63, 3.8) is 0 Å². The SMILES string of the molecule is C.CCCCCCCCCCCCCCCCC(C)[N+](C)(C)CCC[Si](O)(O)O.CCCCCCCCCCCCCCCCC(C)[N+](C)(C)CCC[Si](O)(OCC)O[Si](O)(OCC)OCC.O.O[Si](O)(O)O.[Cl-].[Cl-]. The van der Waals surface area contributed by atoms with E-state index in [2.05, 4.69) is 55.9 Å². The first-order chi connectivity index (χ1) is 33.3. The van der Waals surface area contributed by atoms with Crippen LogP contribution in [0.2, 0.25) is 12.1 Å². The Morgan fingerprint density at radius 3 is 0.853 bits per heavy atom. The summed E-state index contributed by atoms with van der Waals surface area (Å²) in [6, 6.07) is 1.65. The van der Waals surface area contributed by atoms with Crippen molar-refractivity contribution in [3.8, 4) is 0 Å². The molecule has 0 heterocycles. The van der Waals surface area contributed by atoms with Gasteiger partial charge in [0.05, 0.1) is 53.4 Å². The third-order valence-corrected chi connectivity index (χ3v) is 20.5. The Bertz CT molecular complexity index is 1150. The minimum absolute atomic E-state index is 0. The van der Waals surface area contributed by atoms with Gasteiger partial charge in [0.15, 0.2) is 0 Å². The van der Waals surface area contributed by atoms with Crippen molar-refractivity contribution in [1.82, 2.24) is 0 Å². The second-order valence-corrected chi connectivity index (χ2v) is 29.6. The molecule has 0 aromatic heterocycles. The molecule has 3 atom stereocenters. The molecule has 16 nitrogen and oxygen atoms in total. The maximum Gasteiger partial charge on any atom is 0.669 e. The Kier molecular flexibility index (Phi) is 66.1. The molecule has 3 unspecified atom stereocenters. The van der Waals surface area contributed by atoms with Gasteiger partial charge in [0, 0.05) is 44.8 Å². The molecule has 75 heavy (non-hydrogen) atoms. The van der Waals surface area contributed by atoms with Gasteiger partial charge in [-0.25, -0.2) is 0 Å². The van der Waals surface area contributed by atoms with Crippen LogP contribution < -0.4 is 24.8 Å². The molecular formula is C53H128Cl2N2O14Si4. The molecule has 0 bridgehead atoms. The van der Waals surface area contributed by atoms with Gasteiger partial charge >= 0.3 is 35.7 Å². The maximum absolute atomic E-state index is 11.1. The van der Waals surface area contributed by atoms with Gasteiger partial charge < -0.3 is 99.8 Å². The Morgan fingerprint density at radius 1 is 0.373 bits per heavy atom. The average molecular weight is 1200 g/mol. The first kappa shape index (κ1) is 89.6. The summed E-state index contributed by atoms with van der Waals surface area (Å²) in [6.07, 6.45) is 42.9. The van der Waals surface area contributed by atoms with Gasteiger partial charge in [0.2, 0.25) is 0 Å². The number of hydrogen-bond donors (Lipinski definition) is 9. The molecule has 0 spiro atoms. The normalized spacial score (nSPS) is 13.6. The van der Waals surface area contributed by atoms with Crippen molar-refractivity contribution >= 4 is 35.7 Å². The molecule has 11 N–H and O–H groups in total. The van der Waals surface area contributed by atoms with Gasteiger partial charge in [-0.15, -0.1) is 0 Å². The first-order valence-corrected chi connectivity index (χ1v) is 36.5. The van der Waals surface area contributed by atoms with E-state index >= 15 is 0 Å². The summed E-state index contributed by atoms with van der Waals surface area (Å²) in [5, 5.41) is 0. The Morgan fingerprint density at radius 2 is 0.613 bits per heavy atom. The molecular weight excluding hydrogens is 1070 g/mol. The lowest BCUT2D eigenvalue weighted by molar-refractivity contribution is -0.913. The van der Waals surface area contributed by atoms with Crippen molar-refractivity contribution in [1.29, 1.82) is 0 Å². The molecule has 0 amide bonds. The molecule has 0 radical (unpaired) electrons. The van der Waals surface area contributed by atoms with E-state index in [0.29, 0.717) is 31.2 Å². The molecule has 22 heteroatoms. The predicted octanol–water partition coefficient (Wildman–Crippen LogP) is 4.04. The van der Waals surface area contributed by atoms with E-state index in [9.17, 15) is 9.59 Å². The second-order valence-electron chi connectivity index (χ2n) is 21.7. The molecule has 464 valence electrons. The number of hydrogen-bond acceptors (Lipinski definition) is 13. The van der Waals surface area contributed by atoms with Gasteiger partial charge in [-0.1, -0.05) is 188 Å². The van der Waals surface area contributed by atoms with Crippen LogP contribution in [0.5, 0.6) is 0 Å². The number of quaternary nitrogens is 2. The summed E-state index contributed by atoms with van der Waals surface area (Å²) in [4.78, 5) is 78.4. The molecule has 0 aliphatic carbocycles. The fourth-order valence-electron chi connectivity index (χ4n) is 8.89. The van der Waals surface area contributed by atoms with Crippen molar-refractivity contribution < 1.29 is 99.8 Å². The van der Waals surface area contributed by atoms with Gasteiger partial charge in [-0.05, 0) is 60.3 Å². The first-order valence-electron chi connectivity index (χ1n) is 29.1. The fourth-order valence-corrected chi connectivity index (χ4v) is 14.3. The van der Waals surface area contributed by atoms with Crippen LogP contribution in [-0.2, 0) is 17.4 Å². The lowest BCUT2D eigenvalue weighted by Gasteiger charge is -2.37. The van der Waals surface area contributed by atoms with Crippen molar-refractivity contribution in [2.24, 2.45) is 0 Å². The van der Waals surface area contributed by atoms with Gasteiger partial charge in [0.25, 0.3) is 0 Å². The number of nitrogens with zero attached hydrogens (tertiary/aromatic N) is 2. The lowest BCUT2D eigenvalue weighted by atomic mass is 10.0. The van der Waals surface area contributed by atoms with Crippen LogP contribution in [0.25, 0.3) is 0 Å². The summed E-state index contributed by atoms with van der Waals surface area (Å²) >= 11 is 0. The van der Waals surface area contributed by atoms with Crippen LogP contribution in [0.4, 0.5) is 0 Å². The van der Waals surface area contributed by atoms with Gasteiger partial charge in [0.1, 0.15) is 0 Å². The highest BCUT2D eigenvalue weighted by molar-refractivity contribution is 6.70. The fraction of sp³-hybridized carbons (Fsp3) is 1.00. The quantitative estimate of drug-likeness (QED) is 0.0238. The summed E-state index contributed by atoms with van der Waals surface area (Å²) < 4.78 is 23.8. The Labute approximate surface area is 479 Å². The van der Waals surface area contributed by atoms with Gasteiger partial charge in [-0.2, -0.15) is 0 Å². The van der Waals surface area contributed by atoms with Crippen LogP contribution in [-0.4, -0.2) is 166 Å². The van der Waals surface area contributed by atoms with Crippen molar-refractivity contribution in [3.05, 3.63) is 0 Å². The zero-order valence-electron chi connectivity index (χ0n) is 49.5. The molecule has 0 fully saturated rings. The predicted molar refractivity (Wildman–Crippen MR) is 311 cm³/mol. The number of unbranched alkanes of at least 4 members (excludes halogenated alkanes) is 26. The molecule has 0 aromatic carbocycles. The topological polar surface area (TPSA) is 250 Å². The lowest BCUT2D eigenvalue weighted by Crippen LogP contribution is -3.00. The zero-order valence-corrected chi connectivity index (χ0v) is 55.1. The van der Waals surface area contributed by atoms with Crippen LogP contribution in [0.15, 0.2) is 0 Å².